The van der Waals surface area contributed by atoms with E-state index in [1.54, 1.807) is 4.68 Å². The van der Waals surface area contributed by atoms with E-state index < -0.39 is 0 Å². The van der Waals surface area contributed by atoms with Gasteiger partial charge in [-0.3, -0.25) is 14.4 Å². The van der Waals surface area contributed by atoms with Crippen molar-refractivity contribution in [2.45, 2.75) is 13.5 Å². The third-order valence-corrected chi connectivity index (χ3v) is 3.11. The van der Waals surface area contributed by atoms with E-state index in [0.29, 0.717) is 25.3 Å². The Morgan fingerprint density at radius 1 is 1.33 bits per heavy atom. The lowest BCUT2D eigenvalue weighted by Crippen LogP contribution is -2.25. The summed E-state index contributed by atoms with van der Waals surface area (Å²) in [5.74, 6) is 0.891. The fourth-order valence-electron chi connectivity index (χ4n) is 2.16. The lowest BCUT2D eigenvalue weighted by molar-refractivity contribution is 0.0943. The number of aromatic nitrogens is 2. The van der Waals surface area contributed by atoms with Gasteiger partial charge >= 0.3 is 0 Å². The number of ketones is 1. The minimum absolute atomic E-state index is 0.101. The van der Waals surface area contributed by atoms with E-state index in [9.17, 15) is 4.79 Å². The minimum atomic E-state index is 0.101. The Morgan fingerprint density at radius 3 is 2.62 bits per heavy atom. The van der Waals surface area contributed by atoms with Gasteiger partial charge in [0, 0.05) is 30.9 Å². The Bertz CT molecular complexity index is 590. The standard InChI is InChI=1S/C16H21N3O2/c1-4-21-15-7-5-14(6-8-15)16(20)12-18(2)10-13-9-17-19(3)11-13/h5-9,11H,4,10,12H2,1-3H3. The van der Waals surface area contributed by atoms with Crippen molar-refractivity contribution in [2.24, 2.45) is 7.05 Å². The van der Waals surface area contributed by atoms with Crippen molar-refractivity contribution in [1.29, 1.82) is 0 Å². The molecule has 0 bridgehead atoms. The summed E-state index contributed by atoms with van der Waals surface area (Å²) in [6.45, 7) is 3.65. The molecule has 0 amide bonds. The molecule has 5 heteroatoms. The van der Waals surface area contributed by atoms with Crippen LogP contribution in [0.2, 0.25) is 0 Å². The van der Waals surface area contributed by atoms with E-state index in [-0.39, 0.29) is 5.78 Å². The molecule has 0 unspecified atom stereocenters. The largest absolute Gasteiger partial charge is 0.494 e. The second-order valence-corrected chi connectivity index (χ2v) is 5.08. The highest BCUT2D eigenvalue weighted by Gasteiger charge is 2.10. The second-order valence-electron chi connectivity index (χ2n) is 5.08. The molecule has 0 radical (unpaired) electrons. The van der Waals surface area contributed by atoms with E-state index in [4.69, 9.17) is 4.74 Å². The summed E-state index contributed by atoms with van der Waals surface area (Å²) >= 11 is 0. The number of hydrogen-bond donors (Lipinski definition) is 0. The third-order valence-electron chi connectivity index (χ3n) is 3.11. The molecule has 21 heavy (non-hydrogen) atoms. The van der Waals surface area contributed by atoms with E-state index in [1.165, 1.54) is 0 Å². The molecule has 0 aliphatic heterocycles. The van der Waals surface area contributed by atoms with Crippen LogP contribution in [0.5, 0.6) is 5.75 Å². The van der Waals surface area contributed by atoms with Crippen LogP contribution in [0, 0.1) is 0 Å². The number of Topliss-reactive ketones (excluding diaryl/α,β-unsaturated/α-hetero) is 1. The van der Waals surface area contributed by atoms with Crippen LogP contribution in [-0.4, -0.2) is 40.7 Å². The lowest BCUT2D eigenvalue weighted by atomic mass is 10.1. The van der Waals surface area contributed by atoms with Crippen LogP contribution in [-0.2, 0) is 13.6 Å². The van der Waals surface area contributed by atoms with Gasteiger partial charge in [-0.1, -0.05) is 0 Å². The predicted octanol–water partition coefficient (Wildman–Crippen LogP) is 2.13. The highest BCUT2D eigenvalue weighted by atomic mass is 16.5. The maximum atomic E-state index is 12.2. The first-order chi connectivity index (χ1) is 10.1. The SMILES string of the molecule is CCOc1ccc(C(=O)CN(C)Cc2cnn(C)c2)cc1. The normalized spacial score (nSPS) is 10.9. The van der Waals surface area contributed by atoms with Crippen molar-refractivity contribution in [3.63, 3.8) is 0 Å². The number of likely N-dealkylation sites (N-methyl/N-ethyl adjacent to an activating group) is 1. The van der Waals surface area contributed by atoms with Gasteiger partial charge in [0.1, 0.15) is 5.75 Å². The first-order valence-corrected chi connectivity index (χ1v) is 7.00. The molecular weight excluding hydrogens is 266 g/mol. The van der Waals surface area contributed by atoms with Crippen LogP contribution in [0.1, 0.15) is 22.8 Å². The molecule has 1 aromatic heterocycles. The van der Waals surface area contributed by atoms with E-state index >= 15 is 0 Å². The smallest absolute Gasteiger partial charge is 0.176 e. The first-order valence-electron chi connectivity index (χ1n) is 7.00. The summed E-state index contributed by atoms with van der Waals surface area (Å²) in [6.07, 6.45) is 3.77. The van der Waals surface area contributed by atoms with Crippen molar-refractivity contribution in [1.82, 2.24) is 14.7 Å². The minimum Gasteiger partial charge on any atom is -0.494 e. The zero-order valence-corrected chi connectivity index (χ0v) is 12.7. The highest BCUT2D eigenvalue weighted by Crippen LogP contribution is 2.13. The Morgan fingerprint density at radius 2 is 2.05 bits per heavy atom. The summed E-state index contributed by atoms with van der Waals surface area (Å²) in [6, 6.07) is 7.28. The summed E-state index contributed by atoms with van der Waals surface area (Å²) in [5, 5.41) is 4.13. The number of carbonyl (C=O) groups is 1. The molecule has 1 aromatic carbocycles. The van der Waals surface area contributed by atoms with Crippen LogP contribution < -0.4 is 4.74 Å². The maximum absolute atomic E-state index is 12.2. The number of hydrogen-bond acceptors (Lipinski definition) is 4. The molecule has 0 saturated carbocycles. The molecule has 0 fully saturated rings. The molecule has 0 atom stereocenters. The molecule has 0 saturated heterocycles. The zero-order chi connectivity index (χ0) is 15.2. The van der Waals surface area contributed by atoms with Crippen LogP contribution in [0.3, 0.4) is 0 Å². The van der Waals surface area contributed by atoms with E-state index in [2.05, 4.69) is 5.10 Å². The molecule has 0 N–H and O–H groups in total. The summed E-state index contributed by atoms with van der Waals surface area (Å²) in [7, 11) is 3.81. The highest BCUT2D eigenvalue weighted by molar-refractivity contribution is 5.97. The van der Waals surface area contributed by atoms with Crippen molar-refractivity contribution in [3.8, 4) is 5.75 Å². The number of carbonyl (C=O) groups excluding carboxylic acids is 1. The molecule has 0 aliphatic carbocycles. The fraction of sp³-hybridized carbons (Fsp3) is 0.375. The van der Waals surface area contributed by atoms with E-state index in [1.807, 2.05) is 62.6 Å². The Balaban J connectivity index is 1.90. The van der Waals surface area contributed by atoms with E-state index in [0.717, 1.165) is 11.3 Å². The second kappa shape index (κ2) is 7.04. The molecule has 2 rings (SSSR count). The number of nitrogens with zero attached hydrogens (tertiary/aromatic N) is 3. The summed E-state index contributed by atoms with van der Waals surface area (Å²) in [4.78, 5) is 14.2. The quantitative estimate of drug-likeness (QED) is 0.732. The predicted molar refractivity (Wildman–Crippen MR) is 81.5 cm³/mol. The summed E-state index contributed by atoms with van der Waals surface area (Å²) in [5.41, 5.74) is 1.80. The van der Waals surface area contributed by atoms with Gasteiger partial charge < -0.3 is 4.74 Å². The molecular formula is C16H21N3O2. The van der Waals surface area contributed by atoms with Crippen LogP contribution >= 0.6 is 0 Å². The van der Waals surface area contributed by atoms with Gasteiger partial charge in [0.15, 0.2) is 5.78 Å². The summed E-state index contributed by atoms with van der Waals surface area (Å²) < 4.78 is 7.13. The fourth-order valence-corrected chi connectivity index (χ4v) is 2.16. The molecule has 112 valence electrons. The number of aryl methyl sites for hydroxylation is 1. The monoisotopic (exact) mass is 287 g/mol. The van der Waals surface area contributed by atoms with Crippen LogP contribution in [0.15, 0.2) is 36.7 Å². The number of benzene rings is 1. The Kier molecular flexibility index (Phi) is 5.11. The zero-order valence-electron chi connectivity index (χ0n) is 12.7. The van der Waals surface area contributed by atoms with Crippen LogP contribution in [0.25, 0.3) is 0 Å². The molecule has 2 aromatic rings. The maximum Gasteiger partial charge on any atom is 0.176 e. The first kappa shape index (κ1) is 15.3. The van der Waals surface area contributed by atoms with Gasteiger partial charge in [-0.15, -0.1) is 0 Å². The van der Waals surface area contributed by atoms with Crippen molar-refractivity contribution in [2.75, 3.05) is 20.2 Å². The Labute approximate surface area is 125 Å². The number of rotatable bonds is 7. The van der Waals surface area contributed by atoms with Crippen molar-refractivity contribution in [3.05, 3.63) is 47.8 Å². The van der Waals surface area contributed by atoms with Gasteiger partial charge in [0.25, 0.3) is 0 Å². The molecule has 5 nitrogen and oxygen atoms in total. The lowest BCUT2D eigenvalue weighted by Gasteiger charge is -2.14. The van der Waals surface area contributed by atoms with Gasteiger partial charge in [0.2, 0.25) is 0 Å². The van der Waals surface area contributed by atoms with Crippen molar-refractivity contribution >= 4 is 5.78 Å². The van der Waals surface area contributed by atoms with Gasteiger partial charge in [-0.2, -0.15) is 5.10 Å². The Hall–Kier alpha value is -2.14. The molecule has 0 aliphatic rings. The molecule has 0 spiro atoms. The third kappa shape index (κ3) is 4.43. The van der Waals surface area contributed by atoms with Gasteiger partial charge in [-0.05, 0) is 38.2 Å². The van der Waals surface area contributed by atoms with Crippen LogP contribution in [0.4, 0.5) is 0 Å². The topological polar surface area (TPSA) is 47.4 Å². The average Bonchev–Trinajstić information content (AvgIpc) is 2.85. The number of ether oxygens (including phenoxy) is 1. The molecule has 1 heterocycles. The van der Waals surface area contributed by atoms with Gasteiger partial charge in [-0.25, -0.2) is 0 Å². The van der Waals surface area contributed by atoms with Gasteiger partial charge in [0.05, 0.1) is 19.3 Å². The van der Waals surface area contributed by atoms with Crippen molar-refractivity contribution < 1.29 is 9.53 Å². The average molecular weight is 287 g/mol.